The predicted octanol–water partition coefficient (Wildman–Crippen LogP) is 4.82. The summed E-state index contributed by atoms with van der Waals surface area (Å²) in [5.41, 5.74) is 16.6. The van der Waals surface area contributed by atoms with Crippen molar-refractivity contribution in [2.75, 3.05) is 11.1 Å². The van der Waals surface area contributed by atoms with Crippen molar-refractivity contribution >= 4 is 28.2 Å². The number of imidazole rings is 1. The quantitative estimate of drug-likeness (QED) is 0.297. The number of pyridine rings is 1. The standard InChI is InChI=1S/C27H24N6O/c1-16-5-4-6-18(13-16)24(32-19-9-10-20-17(14-19)11-12-30-25(20)28)27-31-15-23(33-27)21-7-2-3-8-22(21)26(29)34/h2-15,24,32H,1H3,(H2,28,30)(H2,29,34)(H,31,33). The molecule has 0 radical (unpaired) electrons. The summed E-state index contributed by atoms with van der Waals surface area (Å²) >= 11 is 0. The molecule has 1 atom stereocenters. The molecule has 2 heterocycles. The summed E-state index contributed by atoms with van der Waals surface area (Å²) in [7, 11) is 0. The van der Waals surface area contributed by atoms with Crippen molar-refractivity contribution in [3.05, 3.63) is 108 Å². The molecule has 0 aliphatic carbocycles. The van der Waals surface area contributed by atoms with E-state index in [4.69, 9.17) is 11.5 Å². The lowest BCUT2D eigenvalue weighted by Gasteiger charge is -2.20. The van der Waals surface area contributed by atoms with E-state index in [0.29, 0.717) is 22.8 Å². The number of nitrogen functional groups attached to an aromatic ring is 1. The van der Waals surface area contributed by atoms with Crippen molar-refractivity contribution in [2.45, 2.75) is 13.0 Å². The molecule has 5 aromatic rings. The number of primary amides is 1. The summed E-state index contributed by atoms with van der Waals surface area (Å²) in [5, 5.41) is 5.51. The third-order valence-corrected chi connectivity index (χ3v) is 5.83. The van der Waals surface area contributed by atoms with Gasteiger partial charge in [-0.25, -0.2) is 9.97 Å². The number of hydrogen-bond acceptors (Lipinski definition) is 5. The summed E-state index contributed by atoms with van der Waals surface area (Å²) in [5.74, 6) is 0.738. The lowest BCUT2D eigenvalue weighted by atomic mass is 10.0. The van der Waals surface area contributed by atoms with Crippen LogP contribution in [-0.2, 0) is 0 Å². The molecule has 3 aromatic carbocycles. The van der Waals surface area contributed by atoms with E-state index in [0.717, 1.165) is 33.3 Å². The van der Waals surface area contributed by atoms with Crippen molar-refractivity contribution in [2.24, 2.45) is 5.73 Å². The Balaban J connectivity index is 1.57. The molecule has 0 fully saturated rings. The zero-order valence-corrected chi connectivity index (χ0v) is 18.6. The first-order valence-corrected chi connectivity index (χ1v) is 10.9. The highest BCUT2D eigenvalue weighted by atomic mass is 16.1. The monoisotopic (exact) mass is 448 g/mol. The number of aromatic nitrogens is 3. The van der Waals surface area contributed by atoms with E-state index in [1.54, 1.807) is 24.5 Å². The number of aryl methyl sites for hydroxylation is 1. The molecule has 7 heteroatoms. The molecule has 6 N–H and O–H groups in total. The minimum Gasteiger partial charge on any atom is -0.383 e. The van der Waals surface area contributed by atoms with Gasteiger partial charge in [0.25, 0.3) is 0 Å². The van der Waals surface area contributed by atoms with Crippen LogP contribution in [0.25, 0.3) is 22.0 Å². The van der Waals surface area contributed by atoms with Crippen molar-refractivity contribution in [3.63, 3.8) is 0 Å². The smallest absolute Gasteiger partial charge is 0.249 e. The van der Waals surface area contributed by atoms with Gasteiger partial charge in [-0.2, -0.15) is 0 Å². The van der Waals surface area contributed by atoms with Gasteiger partial charge in [0, 0.05) is 28.4 Å². The summed E-state index contributed by atoms with van der Waals surface area (Å²) < 4.78 is 0. The fourth-order valence-corrected chi connectivity index (χ4v) is 4.17. The molecule has 168 valence electrons. The highest BCUT2D eigenvalue weighted by molar-refractivity contribution is 5.99. The number of hydrogen-bond donors (Lipinski definition) is 4. The van der Waals surface area contributed by atoms with Crippen LogP contribution in [-0.4, -0.2) is 20.9 Å². The van der Waals surface area contributed by atoms with E-state index < -0.39 is 5.91 Å². The SMILES string of the molecule is Cc1cccc(C(Nc2ccc3c(N)nccc3c2)c2ncc(-c3ccccc3C(N)=O)[nH]2)c1. The van der Waals surface area contributed by atoms with Gasteiger partial charge in [0.1, 0.15) is 17.7 Å². The number of H-pyrrole nitrogens is 1. The minimum absolute atomic E-state index is 0.258. The second-order valence-electron chi connectivity index (χ2n) is 8.22. The highest BCUT2D eigenvalue weighted by Crippen LogP contribution is 2.30. The first-order valence-electron chi connectivity index (χ1n) is 10.9. The molecule has 5 rings (SSSR count). The van der Waals surface area contributed by atoms with Crippen molar-refractivity contribution in [1.82, 2.24) is 15.0 Å². The second-order valence-corrected chi connectivity index (χ2v) is 8.22. The molecule has 2 aromatic heterocycles. The Kier molecular flexibility index (Phi) is 5.43. The maximum atomic E-state index is 11.9. The van der Waals surface area contributed by atoms with Crippen LogP contribution in [0, 0.1) is 6.92 Å². The number of rotatable bonds is 6. The number of benzene rings is 3. The van der Waals surface area contributed by atoms with Crippen LogP contribution in [0.2, 0.25) is 0 Å². The summed E-state index contributed by atoms with van der Waals surface area (Å²) in [6, 6.07) is 23.2. The van der Waals surface area contributed by atoms with Crippen LogP contribution in [0.3, 0.4) is 0 Å². The van der Waals surface area contributed by atoms with Gasteiger partial charge in [-0.3, -0.25) is 4.79 Å². The van der Waals surface area contributed by atoms with E-state index in [2.05, 4.69) is 45.4 Å². The Morgan fingerprint density at radius 1 is 1.00 bits per heavy atom. The number of nitrogens with one attached hydrogen (secondary N) is 2. The van der Waals surface area contributed by atoms with Gasteiger partial charge < -0.3 is 21.8 Å². The van der Waals surface area contributed by atoms with Crippen LogP contribution >= 0.6 is 0 Å². The van der Waals surface area contributed by atoms with E-state index in [1.165, 1.54) is 0 Å². The number of nitrogens with zero attached hydrogens (tertiary/aromatic N) is 2. The number of nitrogens with two attached hydrogens (primary N) is 2. The number of fused-ring (bicyclic) bond motifs is 1. The van der Waals surface area contributed by atoms with Crippen LogP contribution in [0.1, 0.15) is 33.4 Å². The Hall–Kier alpha value is -4.65. The van der Waals surface area contributed by atoms with Gasteiger partial charge in [-0.05, 0) is 48.2 Å². The van der Waals surface area contributed by atoms with Gasteiger partial charge in [-0.15, -0.1) is 0 Å². The van der Waals surface area contributed by atoms with Crippen molar-refractivity contribution < 1.29 is 4.79 Å². The molecule has 1 amide bonds. The van der Waals surface area contributed by atoms with Gasteiger partial charge in [-0.1, -0.05) is 48.0 Å². The largest absolute Gasteiger partial charge is 0.383 e. The number of anilines is 2. The van der Waals surface area contributed by atoms with Crippen LogP contribution < -0.4 is 16.8 Å². The summed E-state index contributed by atoms with van der Waals surface area (Å²) in [4.78, 5) is 24.2. The lowest BCUT2D eigenvalue weighted by molar-refractivity contribution is 0.100. The summed E-state index contributed by atoms with van der Waals surface area (Å²) in [6.45, 7) is 2.06. The van der Waals surface area contributed by atoms with E-state index >= 15 is 0 Å². The minimum atomic E-state index is -0.481. The molecule has 0 spiro atoms. The Morgan fingerprint density at radius 3 is 2.68 bits per heavy atom. The molecule has 1 unspecified atom stereocenters. The maximum absolute atomic E-state index is 11.9. The molecular weight excluding hydrogens is 424 g/mol. The summed E-state index contributed by atoms with van der Waals surface area (Å²) in [6.07, 6.45) is 3.43. The second kappa shape index (κ2) is 8.71. The third-order valence-electron chi connectivity index (χ3n) is 5.83. The fraction of sp³-hybridized carbons (Fsp3) is 0.0741. The zero-order valence-electron chi connectivity index (χ0n) is 18.6. The van der Waals surface area contributed by atoms with Crippen LogP contribution in [0.4, 0.5) is 11.5 Å². The Morgan fingerprint density at radius 2 is 1.85 bits per heavy atom. The van der Waals surface area contributed by atoms with E-state index in [-0.39, 0.29) is 6.04 Å². The first-order chi connectivity index (χ1) is 16.5. The van der Waals surface area contributed by atoms with E-state index in [9.17, 15) is 4.79 Å². The Bertz CT molecular complexity index is 1510. The predicted molar refractivity (Wildman–Crippen MR) is 135 cm³/mol. The first kappa shape index (κ1) is 21.2. The average Bonchev–Trinajstić information content (AvgIpc) is 3.32. The Labute approximate surface area is 196 Å². The molecule has 0 saturated carbocycles. The topological polar surface area (TPSA) is 123 Å². The zero-order chi connectivity index (χ0) is 23.7. The van der Waals surface area contributed by atoms with E-state index in [1.807, 2.05) is 42.5 Å². The van der Waals surface area contributed by atoms with Gasteiger partial charge in [0.15, 0.2) is 0 Å². The molecule has 0 bridgehead atoms. The molecule has 0 aliphatic heterocycles. The average molecular weight is 449 g/mol. The molecule has 34 heavy (non-hydrogen) atoms. The normalized spacial score (nSPS) is 11.9. The molecule has 0 saturated heterocycles. The van der Waals surface area contributed by atoms with Gasteiger partial charge >= 0.3 is 0 Å². The molecular formula is C27H24N6O. The molecule has 0 aliphatic rings. The molecule has 7 nitrogen and oxygen atoms in total. The van der Waals surface area contributed by atoms with Crippen molar-refractivity contribution in [1.29, 1.82) is 0 Å². The third kappa shape index (κ3) is 4.06. The van der Waals surface area contributed by atoms with Gasteiger partial charge in [0.05, 0.1) is 11.9 Å². The van der Waals surface area contributed by atoms with Crippen LogP contribution in [0.5, 0.6) is 0 Å². The number of carbonyl (C=O) groups is 1. The number of aromatic amines is 1. The lowest BCUT2D eigenvalue weighted by Crippen LogP contribution is -2.14. The maximum Gasteiger partial charge on any atom is 0.249 e. The fourth-order valence-electron chi connectivity index (χ4n) is 4.17. The number of amides is 1. The highest BCUT2D eigenvalue weighted by Gasteiger charge is 2.20. The number of carbonyl (C=O) groups excluding carboxylic acids is 1. The van der Waals surface area contributed by atoms with Gasteiger partial charge in [0.2, 0.25) is 5.91 Å². The van der Waals surface area contributed by atoms with Crippen molar-refractivity contribution in [3.8, 4) is 11.3 Å². The van der Waals surface area contributed by atoms with Crippen LogP contribution in [0.15, 0.2) is 85.2 Å².